The molecular weight excluding hydrogens is 210 g/mol. The summed E-state index contributed by atoms with van der Waals surface area (Å²) in [6.07, 6.45) is 0.842. The van der Waals surface area contributed by atoms with Crippen LogP contribution in [0.15, 0.2) is 0 Å². The first-order chi connectivity index (χ1) is 7.52. The van der Waals surface area contributed by atoms with Gasteiger partial charge in [0.25, 0.3) is 0 Å². The van der Waals surface area contributed by atoms with Gasteiger partial charge >= 0.3 is 5.97 Å². The molecule has 0 radical (unpaired) electrons. The molecule has 1 amide bonds. The van der Waals surface area contributed by atoms with Crippen LogP contribution in [0.3, 0.4) is 0 Å². The van der Waals surface area contributed by atoms with E-state index < -0.39 is 12.1 Å². The lowest BCUT2D eigenvalue weighted by Crippen LogP contribution is -2.37. The van der Waals surface area contributed by atoms with Crippen LogP contribution < -0.4 is 0 Å². The standard InChI is InChI=1S/C11H21NO4/c1-4-6-12(7-5-2)10(13)8-16-9(3)11(14)15/h9H,4-8H2,1-3H3,(H,14,15)/t9-/m1/s1. The van der Waals surface area contributed by atoms with Crippen molar-refractivity contribution in [1.29, 1.82) is 0 Å². The topological polar surface area (TPSA) is 66.8 Å². The zero-order valence-electron chi connectivity index (χ0n) is 10.2. The normalized spacial score (nSPS) is 12.2. The molecule has 0 bridgehead atoms. The molecule has 0 saturated heterocycles. The smallest absolute Gasteiger partial charge is 0.332 e. The van der Waals surface area contributed by atoms with Gasteiger partial charge in [0.15, 0.2) is 6.10 Å². The molecule has 94 valence electrons. The molecule has 0 aliphatic heterocycles. The Labute approximate surface area is 96.4 Å². The zero-order valence-corrected chi connectivity index (χ0v) is 10.2. The first-order valence-corrected chi connectivity index (χ1v) is 5.65. The van der Waals surface area contributed by atoms with Crippen molar-refractivity contribution in [2.45, 2.75) is 39.7 Å². The number of ether oxygens (including phenoxy) is 1. The second-order valence-corrected chi connectivity index (χ2v) is 3.67. The molecule has 5 heteroatoms. The van der Waals surface area contributed by atoms with Gasteiger partial charge in [-0.15, -0.1) is 0 Å². The molecule has 0 rings (SSSR count). The largest absolute Gasteiger partial charge is 0.479 e. The van der Waals surface area contributed by atoms with Crippen molar-refractivity contribution in [2.75, 3.05) is 19.7 Å². The number of carboxylic acid groups (broad SMARTS) is 1. The molecule has 5 nitrogen and oxygen atoms in total. The summed E-state index contributed by atoms with van der Waals surface area (Å²) >= 11 is 0. The summed E-state index contributed by atoms with van der Waals surface area (Å²) in [6, 6.07) is 0. The minimum Gasteiger partial charge on any atom is -0.479 e. The minimum absolute atomic E-state index is 0.142. The number of carboxylic acids is 1. The Hall–Kier alpha value is -1.10. The van der Waals surface area contributed by atoms with Gasteiger partial charge in [-0.25, -0.2) is 4.79 Å². The summed E-state index contributed by atoms with van der Waals surface area (Å²) in [5.74, 6) is -1.19. The van der Waals surface area contributed by atoms with Crippen molar-refractivity contribution in [3.8, 4) is 0 Å². The number of rotatable bonds is 8. The molecule has 0 aliphatic rings. The maximum atomic E-state index is 11.7. The molecule has 0 aromatic rings. The van der Waals surface area contributed by atoms with E-state index in [1.54, 1.807) is 4.90 Å². The Kier molecular flexibility index (Phi) is 7.54. The molecule has 16 heavy (non-hydrogen) atoms. The van der Waals surface area contributed by atoms with E-state index in [1.165, 1.54) is 6.92 Å². The van der Waals surface area contributed by atoms with Crippen LogP contribution in [-0.4, -0.2) is 47.7 Å². The van der Waals surface area contributed by atoms with Crippen LogP contribution in [0, 0.1) is 0 Å². The van der Waals surface area contributed by atoms with Crippen LogP contribution in [-0.2, 0) is 14.3 Å². The van der Waals surface area contributed by atoms with E-state index >= 15 is 0 Å². The summed E-state index contributed by atoms with van der Waals surface area (Å²) in [4.78, 5) is 23.8. The second-order valence-electron chi connectivity index (χ2n) is 3.67. The predicted octanol–water partition coefficient (Wildman–Crippen LogP) is 1.12. The van der Waals surface area contributed by atoms with Crippen molar-refractivity contribution in [1.82, 2.24) is 4.90 Å². The highest BCUT2D eigenvalue weighted by molar-refractivity contribution is 5.78. The van der Waals surface area contributed by atoms with Gasteiger partial charge in [0, 0.05) is 13.1 Å². The van der Waals surface area contributed by atoms with Gasteiger partial charge in [-0.1, -0.05) is 13.8 Å². The highest BCUT2D eigenvalue weighted by atomic mass is 16.5. The highest BCUT2D eigenvalue weighted by Gasteiger charge is 2.16. The van der Waals surface area contributed by atoms with Crippen LogP contribution in [0.4, 0.5) is 0 Å². The van der Waals surface area contributed by atoms with Crippen molar-refractivity contribution < 1.29 is 19.4 Å². The van der Waals surface area contributed by atoms with Gasteiger partial charge in [-0.3, -0.25) is 4.79 Å². The van der Waals surface area contributed by atoms with Crippen molar-refractivity contribution >= 4 is 11.9 Å². The quantitative estimate of drug-likeness (QED) is 0.680. The first kappa shape index (κ1) is 14.9. The lowest BCUT2D eigenvalue weighted by Gasteiger charge is -2.21. The van der Waals surface area contributed by atoms with Crippen LogP contribution in [0.5, 0.6) is 0 Å². The Morgan fingerprint density at radius 1 is 1.25 bits per heavy atom. The molecule has 0 fully saturated rings. The number of nitrogens with zero attached hydrogens (tertiary/aromatic N) is 1. The monoisotopic (exact) mass is 231 g/mol. The number of carbonyl (C=O) groups excluding carboxylic acids is 1. The fourth-order valence-corrected chi connectivity index (χ4v) is 1.26. The summed E-state index contributed by atoms with van der Waals surface area (Å²) in [6.45, 7) is 6.63. The number of hydrogen-bond donors (Lipinski definition) is 1. The zero-order chi connectivity index (χ0) is 12.6. The van der Waals surface area contributed by atoms with Crippen molar-refractivity contribution in [3.63, 3.8) is 0 Å². The summed E-state index contributed by atoms with van der Waals surface area (Å²) in [5.41, 5.74) is 0. The summed E-state index contributed by atoms with van der Waals surface area (Å²) in [5, 5.41) is 8.59. The average molecular weight is 231 g/mol. The Bertz CT molecular complexity index is 224. The Morgan fingerprint density at radius 2 is 1.75 bits per heavy atom. The van der Waals surface area contributed by atoms with E-state index in [0.717, 1.165) is 12.8 Å². The third-order valence-electron chi connectivity index (χ3n) is 2.14. The van der Waals surface area contributed by atoms with Gasteiger partial charge < -0.3 is 14.7 Å². The number of carbonyl (C=O) groups is 2. The minimum atomic E-state index is -1.05. The van der Waals surface area contributed by atoms with E-state index in [4.69, 9.17) is 9.84 Å². The molecule has 0 unspecified atom stereocenters. The lowest BCUT2D eigenvalue weighted by atomic mass is 10.3. The van der Waals surface area contributed by atoms with Gasteiger partial charge in [0.2, 0.25) is 5.91 Å². The molecule has 0 aliphatic carbocycles. The molecule has 0 saturated carbocycles. The number of amides is 1. The highest BCUT2D eigenvalue weighted by Crippen LogP contribution is 1.98. The lowest BCUT2D eigenvalue weighted by molar-refractivity contribution is -0.152. The maximum absolute atomic E-state index is 11.7. The van der Waals surface area contributed by atoms with E-state index in [-0.39, 0.29) is 12.5 Å². The SMILES string of the molecule is CCCN(CCC)C(=O)CO[C@H](C)C(=O)O. The molecule has 0 spiro atoms. The summed E-state index contributed by atoms with van der Waals surface area (Å²) in [7, 11) is 0. The van der Waals surface area contributed by atoms with Crippen LogP contribution >= 0.6 is 0 Å². The number of hydrogen-bond acceptors (Lipinski definition) is 3. The Balaban J connectivity index is 4.04. The average Bonchev–Trinajstić information content (AvgIpc) is 2.24. The molecule has 0 aromatic heterocycles. The second kappa shape index (κ2) is 8.10. The molecule has 0 heterocycles. The molecule has 1 N–H and O–H groups in total. The predicted molar refractivity (Wildman–Crippen MR) is 60.2 cm³/mol. The molecular formula is C11H21NO4. The third-order valence-corrected chi connectivity index (χ3v) is 2.14. The van der Waals surface area contributed by atoms with E-state index in [1.807, 2.05) is 13.8 Å². The van der Waals surface area contributed by atoms with Crippen LogP contribution in [0.2, 0.25) is 0 Å². The number of aliphatic carboxylic acids is 1. The van der Waals surface area contributed by atoms with Gasteiger partial charge in [0.05, 0.1) is 0 Å². The van der Waals surface area contributed by atoms with Crippen LogP contribution in [0.1, 0.15) is 33.6 Å². The van der Waals surface area contributed by atoms with Gasteiger partial charge in [-0.2, -0.15) is 0 Å². The summed E-state index contributed by atoms with van der Waals surface area (Å²) < 4.78 is 4.95. The fraction of sp³-hybridized carbons (Fsp3) is 0.818. The third kappa shape index (κ3) is 5.70. The molecule has 1 atom stereocenters. The van der Waals surface area contributed by atoms with Crippen LogP contribution in [0.25, 0.3) is 0 Å². The van der Waals surface area contributed by atoms with Gasteiger partial charge in [0.1, 0.15) is 6.61 Å². The van der Waals surface area contributed by atoms with E-state index in [9.17, 15) is 9.59 Å². The van der Waals surface area contributed by atoms with E-state index in [2.05, 4.69) is 0 Å². The van der Waals surface area contributed by atoms with Crippen molar-refractivity contribution in [3.05, 3.63) is 0 Å². The van der Waals surface area contributed by atoms with Crippen molar-refractivity contribution in [2.24, 2.45) is 0 Å². The fourth-order valence-electron chi connectivity index (χ4n) is 1.26. The van der Waals surface area contributed by atoms with Gasteiger partial charge in [-0.05, 0) is 19.8 Å². The Morgan fingerprint density at radius 3 is 2.12 bits per heavy atom. The maximum Gasteiger partial charge on any atom is 0.332 e. The first-order valence-electron chi connectivity index (χ1n) is 5.65. The molecule has 0 aromatic carbocycles. The van der Waals surface area contributed by atoms with E-state index in [0.29, 0.717) is 13.1 Å².